The van der Waals surface area contributed by atoms with Crippen LogP contribution in [0.2, 0.25) is 0 Å². The fourth-order valence-corrected chi connectivity index (χ4v) is 3.94. The Hall–Kier alpha value is -0.890. The molecule has 0 spiro atoms. The number of rotatable bonds is 4. The summed E-state index contributed by atoms with van der Waals surface area (Å²) in [5.74, 6) is 0. The van der Waals surface area contributed by atoms with Gasteiger partial charge in [-0.1, -0.05) is 0 Å². The minimum absolute atomic E-state index is 0.0241. The molecule has 1 saturated heterocycles. The van der Waals surface area contributed by atoms with Crippen LogP contribution < -0.4 is 4.72 Å². The predicted molar refractivity (Wildman–Crippen MR) is 76.8 cm³/mol. The average Bonchev–Trinajstić information content (AvgIpc) is 2.76. The van der Waals surface area contributed by atoms with Gasteiger partial charge < -0.3 is 14.6 Å². The number of aromatic nitrogens is 1. The van der Waals surface area contributed by atoms with Gasteiger partial charge in [-0.2, -0.15) is 0 Å². The van der Waals surface area contributed by atoms with Crippen LogP contribution in [-0.4, -0.2) is 48.7 Å². The van der Waals surface area contributed by atoms with E-state index in [4.69, 9.17) is 5.11 Å². The number of piperidine rings is 1. The second kappa shape index (κ2) is 5.85. The Bertz CT molecular complexity index is 567. The summed E-state index contributed by atoms with van der Waals surface area (Å²) in [5.41, 5.74) is 0.585. The second-order valence-electron chi connectivity index (χ2n) is 5.61. The Labute approximate surface area is 120 Å². The van der Waals surface area contributed by atoms with Crippen LogP contribution in [0.1, 0.15) is 25.5 Å². The first-order valence-electron chi connectivity index (χ1n) is 6.82. The maximum Gasteiger partial charge on any atom is 0.242 e. The van der Waals surface area contributed by atoms with Crippen LogP contribution in [0.25, 0.3) is 0 Å². The lowest BCUT2D eigenvalue weighted by molar-refractivity contribution is 0.178. The standard InChI is InChI=1S/C13H23N3O3S/c1-10-6-11(4-5-15(10)2)14-20(18,19)13-7-12(9-17)16(3)8-13/h7-8,10-11,14,17H,4-6,9H2,1-3H3. The van der Waals surface area contributed by atoms with Crippen molar-refractivity contribution >= 4 is 10.0 Å². The highest BCUT2D eigenvalue weighted by atomic mass is 32.2. The number of nitrogens with zero attached hydrogens (tertiary/aromatic N) is 2. The molecule has 2 heterocycles. The van der Waals surface area contributed by atoms with E-state index in [0.717, 1.165) is 19.4 Å². The van der Waals surface area contributed by atoms with E-state index in [0.29, 0.717) is 11.7 Å². The molecular weight excluding hydrogens is 278 g/mol. The number of hydrogen-bond acceptors (Lipinski definition) is 4. The van der Waals surface area contributed by atoms with Crippen molar-refractivity contribution in [3.05, 3.63) is 18.0 Å². The molecule has 2 atom stereocenters. The second-order valence-corrected chi connectivity index (χ2v) is 7.32. The van der Waals surface area contributed by atoms with Crippen LogP contribution in [0.3, 0.4) is 0 Å². The molecule has 6 nitrogen and oxygen atoms in total. The summed E-state index contributed by atoms with van der Waals surface area (Å²) in [6, 6.07) is 1.87. The van der Waals surface area contributed by atoms with Crippen molar-refractivity contribution in [3.63, 3.8) is 0 Å². The average molecular weight is 301 g/mol. The minimum atomic E-state index is -3.51. The van der Waals surface area contributed by atoms with Crippen LogP contribution >= 0.6 is 0 Å². The summed E-state index contributed by atoms with van der Waals surface area (Å²) in [4.78, 5) is 2.45. The summed E-state index contributed by atoms with van der Waals surface area (Å²) >= 11 is 0. The molecule has 114 valence electrons. The van der Waals surface area contributed by atoms with Gasteiger partial charge in [-0.25, -0.2) is 13.1 Å². The van der Waals surface area contributed by atoms with Gasteiger partial charge in [0.1, 0.15) is 0 Å². The number of aliphatic hydroxyl groups is 1. The lowest BCUT2D eigenvalue weighted by atomic mass is 10.0. The predicted octanol–water partition coefficient (Wildman–Crippen LogP) is 0.278. The van der Waals surface area contributed by atoms with Crippen LogP contribution in [0, 0.1) is 0 Å². The van der Waals surface area contributed by atoms with Crippen LogP contribution in [0.4, 0.5) is 0 Å². The minimum Gasteiger partial charge on any atom is -0.390 e. The van der Waals surface area contributed by atoms with Crippen LogP contribution in [0.5, 0.6) is 0 Å². The van der Waals surface area contributed by atoms with Gasteiger partial charge in [-0.05, 0) is 39.4 Å². The quantitative estimate of drug-likeness (QED) is 0.837. The zero-order valence-corrected chi connectivity index (χ0v) is 13.0. The third kappa shape index (κ3) is 3.22. The normalized spacial score (nSPS) is 25.0. The molecule has 20 heavy (non-hydrogen) atoms. The monoisotopic (exact) mass is 301 g/mol. The molecule has 0 aromatic carbocycles. The highest BCUT2D eigenvalue weighted by molar-refractivity contribution is 7.89. The molecule has 0 bridgehead atoms. The van der Waals surface area contributed by atoms with Gasteiger partial charge in [-0.3, -0.25) is 0 Å². The fourth-order valence-electron chi connectivity index (χ4n) is 2.57. The van der Waals surface area contributed by atoms with Gasteiger partial charge in [0.25, 0.3) is 0 Å². The molecule has 2 rings (SSSR count). The number of likely N-dealkylation sites (tertiary alicyclic amines) is 1. The Morgan fingerprint density at radius 3 is 2.70 bits per heavy atom. The lowest BCUT2D eigenvalue weighted by Gasteiger charge is -2.35. The molecule has 1 aliphatic rings. The van der Waals surface area contributed by atoms with E-state index in [2.05, 4.69) is 23.6 Å². The van der Waals surface area contributed by atoms with E-state index < -0.39 is 10.0 Å². The van der Waals surface area contributed by atoms with Crippen molar-refractivity contribution in [2.24, 2.45) is 7.05 Å². The van der Waals surface area contributed by atoms with Crippen molar-refractivity contribution < 1.29 is 13.5 Å². The SMILES string of the molecule is CC1CC(NS(=O)(=O)c2cc(CO)n(C)c2)CCN1C. The summed E-state index contributed by atoms with van der Waals surface area (Å²) in [7, 11) is 0.267. The molecule has 1 fully saturated rings. The molecule has 0 saturated carbocycles. The Morgan fingerprint density at radius 1 is 1.45 bits per heavy atom. The highest BCUT2D eigenvalue weighted by Crippen LogP contribution is 2.19. The third-order valence-corrected chi connectivity index (χ3v) is 5.57. The first-order chi connectivity index (χ1) is 9.33. The van der Waals surface area contributed by atoms with Crippen molar-refractivity contribution in [3.8, 4) is 0 Å². The molecule has 1 aromatic rings. The largest absolute Gasteiger partial charge is 0.390 e. The van der Waals surface area contributed by atoms with E-state index in [-0.39, 0.29) is 17.5 Å². The smallest absolute Gasteiger partial charge is 0.242 e. The number of aliphatic hydroxyl groups excluding tert-OH is 1. The first kappa shape index (κ1) is 15.5. The number of nitrogens with one attached hydrogen (secondary N) is 1. The van der Waals surface area contributed by atoms with Gasteiger partial charge in [-0.15, -0.1) is 0 Å². The van der Waals surface area contributed by atoms with Gasteiger partial charge >= 0.3 is 0 Å². The Morgan fingerprint density at radius 2 is 2.15 bits per heavy atom. The zero-order chi connectivity index (χ0) is 14.9. The fraction of sp³-hybridized carbons (Fsp3) is 0.692. The number of hydrogen-bond donors (Lipinski definition) is 2. The Kier molecular flexibility index (Phi) is 4.53. The van der Waals surface area contributed by atoms with E-state index in [1.54, 1.807) is 11.6 Å². The summed E-state index contributed by atoms with van der Waals surface area (Å²) in [6.07, 6.45) is 3.17. The van der Waals surface area contributed by atoms with Crippen LogP contribution in [-0.2, 0) is 23.7 Å². The summed E-state index contributed by atoms with van der Waals surface area (Å²) in [5, 5.41) is 9.14. The molecule has 0 radical (unpaired) electrons. The van der Waals surface area contributed by atoms with Crippen molar-refractivity contribution in [1.29, 1.82) is 0 Å². The molecule has 0 amide bonds. The van der Waals surface area contributed by atoms with Gasteiger partial charge in [0.05, 0.1) is 11.5 Å². The molecule has 0 aliphatic carbocycles. The molecule has 2 N–H and O–H groups in total. The summed E-state index contributed by atoms with van der Waals surface area (Å²) in [6.45, 7) is 2.83. The van der Waals surface area contributed by atoms with E-state index in [1.165, 1.54) is 12.3 Å². The van der Waals surface area contributed by atoms with Crippen molar-refractivity contribution in [2.75, 3.05) is 13.6 Å². The maximum atomic E-state index is 12.4. The van der Waals surface area contributed by atoms with Crippen molar-refractivity contribution in [1.82, 2.24) is 14.2 Å². The molecular formula is C13H23N3O3S. The number of aryl methyl sites for hydroxylation is 1. The zero-order valence-electron chi connectivity index (χ0n) is 12.2. The lowest BCUT2D eigenvalue weighted by Crippen LogP contribution is -2.47. The molecule has 1 aliphatic heterocycles. The molecule has 7 heteroatoms. The summed E-state index contributed by atoms with van der Waals surface area (Å²) < 4.78 is 29.1. The molecule has 1 aromatic heterocycles. The highest BCUT2D eigenvalue weighted by Gasteiger charge is 2.27. The van der Waals surface area contributed by atoms with Gasteiger partial charge in [0, 0.05) is 31.0 Å². The van der Waals surface area contributed by atoms with Crippen molar-refractivity contribution in [2.45, 2.75) is 43.4 Å². The first-order valence-corrected chi connectivity index (χ1v) is 8.30. The van der Waals surface area contributed by atoms with E-state index in [9.17, 15) is 8.42 Å². The topological polar surface area (TPSA) is 74.6 Å². The molecule has 2 unspecified atom stereocenters. The maximum absolute atomic E-state index is 12.4. The van der Waals surface area contributed by atoms with Crippen LogP contribution in [0.15, 0.2) is 17.2 Å². The number of sulfonamides is 1. The Balaban J connectivity index is 2.11. The van der Waals surface area contributed by atoms with Gasteiger partial charge in [0.2, 0.25) is 10.0 Å². The van der Waals surface area contributed by atoms with Gasteiger partial charge in [0.15, 0.2) is 0 Å². The van der Waals surface area contributed by atoms with E-state index in [1.807, 2.05) is 0 Å². The third-order valence-electron chi connectivity index (χ3n) is 4.09. The van der Waals surface area contributed by atoms with E-state index >= 15 is 0 Å².